The summed E-state index contributed by atoms with van der Waals surface area (Å²) in [6.07, 6.45) is 7.64. The summed E-state index contributed by atoms with van der Waals surface area (Å²) >= 11 is 0. The smallest absolute Gasteiger partial charge is 0.165 e. The van der Waals surface area contributed by atoms with Crippen LogP contribution in [-0.4, -0.2) is 58.7 Å². The van der Waals surface area contributed by atoms with Gasteiger partial charge in [-0.15, -0.1) is 0 Å². The minimum absolute atomic E-state index is 0.0294. The number of piperidine rings is 1. The summed E-state index contributed by atoms with van der Waals surface area (Å²) in [5.41, 5.74) is 0.783. The first kappa shape index (κ1) is 21.9. The van der Waals surface area contributed by atoms with Crippen molar-refractivity contribution < 1.29 is 19.7 Å². The van der Waals surface area contributed by atoms with E-state index in [4.69, 9.17) is 9.47 Å². The summed E-state index contributed by atoms with van der Waals surface area (Å²) in [5, 5.41) is 23.2. The Morgan fingerprint density at radius 1 is 1.15 bits per heavy atom. The third kappa shape index (κ3) is 2.25. The van der Waals surface area contributed by atoms with Crippen LogP contribution >= 0.6 is 0 Å². The number of benzene rings is 1. The molecule has 7 aliphatic rings. The lowest BCUT2D eigenvalue weighted by molar-refractivity contribution is -0.312. The van der Waals surface area contributed by atoms with Crippen LogP contribution in [0.2, 0.25) is 0 Å². The fourth-order valence-electron chi connectivity index (χ4n) is 9.58. The molecule has 1 unspecified atom stereocenters. The lowest BCUT2D eigenvalue weighted by Crippen LogP contribution is -2.83. The van der Waals surface area contributed by atoms with E-state index in [0.717, 1.165) is 44.6 Å². The third-order valence-electron chi connectivity index (χ3n) is 11.9. The van der Waals surface area contributed by atoms with E-state index in [-0.39, 0.29) is 34.0 Å². The van der Waals surface area contributed by atoms with Crippen molar-refractivity contribution in [2.45, 2.75) is 101 Å². The van der Waals surface area contributed by atoms with Crippen molar-refractivity contribution >= 4 is 0 Å². The molecule has 1 aromatic carbocycles. The van der Waals surface area contributed by atoms with Crippen LogP contribution in [0, 0.1) is 22.7 Å². The minimum Gasteiger partial charge on any atom is -0.504 e. The third-order valence-corrected chi connectivity index (χ3v) is 11.9. The largest absolute Gasteiger partial charge is 0.504 e. The molecule has 4 bridgehead atoms. The maximum atomic E-state index is 12.2. The van der Waals surface area contributed by atoms with Crippen molar-refractivity contribution in [3.8, 4) is 11.5 Å². The predicted molar refractivity (Wildman–Crippen MR) is 130 cm³/mol. The second-order valence-electron chi connectivity index (χ2n) is 13.8. The van der Waals surface area contributed by atoms with Crippen molar-refractivity contribution in [3.05, 3.63) is 23.3 Å². The molecular formula is C29H41NO4. The fourth-order valence-corrected chi connectivity index (χ4v) is 9.58. The van der Waals surface area contributed by atoms with E-state index in [2.05, 4.69) is 31.7 Å². The highest BCUT2D eigenvalue weighted by molar-refractivity contribution is 5.63. The van der Waals surface area contributed by atoms with Gasteiger partial charge in [-0.05, 0) is 81.4 Å². The zero-order valence-corrected chi connectivity index (χ0v) is 21.5. The van der Waals surface area contributed by atoms with E-state index in [9.17, 15) is 10.2 Å². The molecule has 7 atom stereocenters. The number of nitrogens with zero attached hydrogens (tertiary/aromatic N) is 1. The van der Waals surface area contributed by atoms with Crippen molar-refractivity contribution in [1.29, 1.82) is 0 Å². The number of likely N-dealkylation sites (tertiary alicyclic amines) is 1. The van der Waals surface area contributed by atoms with Crippen LogP contribution in [-0.2, 0) is 16.6 Å². The van der Waals surface area contributed by atoms with Gasteiger partial charge in [0.2, 0.25) is 0 Å². The van der Waals surface area contributed by atoms with Crippen LogP contribution in [0.25, 0.3) is 0 Å². The van der Waals surface area contributed by atoms with Gasteiger partial charge < -0.3 is 19.7 Å². The second-order valence-corrected chi connectivity index (χ2v) is 13.8. The Bertz CT molecular complexity index is 1060. The molecule has 2 spiro atoms. The van der Waals surface area contributed by atoms with Gasteiger partial charge in [0, 0.05) is 42.0 Å². The number of aromatic hydroxyl groups is 1. The maximum absolute atomic E-state index is 12.2. The lowest BCUT2D eigenvalue weighted by atomic mass is 9.33. The number of fused-ring (bicyclic) bond motifs is 2. The molecule has 2 N–H and O–H groups in total. The number of hydrogen-bond acceptors (Lipinski definition) is 5. The number of ether oxygens (including phenoxy) is 2. The first-order chi connectivity index (χ1) is 16.0. The molecule has 2 aliphatic heterocycles. The first-order valence-electron chi connectivity index (χ1n) is 13.6. The summed E-state index contributed by atoms with van der Waals surface area (Å²) < 4.78 is 13.5. The Balaban J connectivity index is 1.47. The van der Waals surface area contributed by atoms with E-state index in [1.165, 1.54) is 30.5 Å². The average molecular weight is 468 g/mol. The zero-order valence-electron chi connectivity index (χ0n) is 21.5. The Hall–Kier alpha value is -1.30. The summed E-state index contributed by atoms with van der Waals surface area (Å²) in [6.45, 7) is 10.8. The fraction of sp³-hybridized carbons (Fsp3) is 0.793. The van der Waals surface area contributed by atoms with E-state index in [0.29, 0.717) is 11.8 Å². The van der Waals surface area contributed by atoms with Gasteiger partial charge in [-0.2, -0.15) is 0 Å². The molecule has 5 aliphatic carbocycles. The number of methoxy groups -OCH3 is 1. The predicted octanol–water partition coefficient (Wildman–Crippen LogP) is 4.41. The van der Waals surface area contributed by atoms with Gasteiger partial charge in [0.15, 0.2) is 11.5 Å². The Labute approximate surface area is 203 Å². The molecule has 0 aromatic heterocycles. The molecular weight excluding hydrogens is 426 g/mol. The van der Waals surface area contributed by atoms with Crippen molar-refractivity contribution in [2.75, 3.05) is 20.2 Å². The van der Waals surface area contributed by atoms with E-state index >= 15 is 0 Å². The number of rotatable bonds is 4. The summed E-state index contributed by atoms with van der Waals surface area (Å²) in [5.74, 6) is 1.80. The highest BCUT2D eigenvalue weighted by Crippen LogP contribution is 2.78. The molecule has 0 amide bonds. The highest BCUT2D eigenvalue weighted by Gasteiger charge is 2.82. The van der Waals surface area contributed by atoms with Gasteiger partial charge in [0.25, 0.3) is 0 Å². The quantitative estimate of drug-likeness (QED) is 0.687. The molecule has 5 nitrogen and oxygen atoms in total. The normalized spacial score (nSPS) is 43.9. The molecule has 1 aromatic rings. The number of aliphatic hydroxyl groups is 1. The standard InChI is InChI=1S/C29H41NO4/c1-25(2,3)26(4,32)20-15-27-10-11-29(20,33-5)24-28(27)12-13-30(16-17-6-7-17)21(27)14-18-8-9-19(31)23(34-24)22(18)28/h8-9,17,20-21,24,31-32H,6-7,10-16H2,1-5H3/t20-,21-,24?,26+,27-,28+,29+/m1/s1. The van der Waals surface area contributed by atoms with Crippen LogP contribution in [0.1, 0.15) is 77.3 Å². The molecule has 5 fully saturated rings. The topological polar surface area (TPSA) is 62.2 Å². The van der Waals surface area contributed by atoms with Gasteiger partial charge >= 0.3 is 0 Å². The molecule has 186 valence electrons. The summed E-state index contributed by atoms with van der Waals surface area (Å²) in [6, 6.07) is 4.46. The molecule has 4 saturated carbocycles. The van der Waals surface area contributed by atoms with Crippen LogP contribution < -0.4 is 4.74 Å². The minimum atomic E-state index is -0.909. The zero-order chi connectivity index (χ0) is 23.9. The van der Waals surface area contributed by atoms with Gasteiger partial charge in [-0.1, -0.05) is 26.8 Å². The number of hydrogen-bond donors (Lipinski definition) is 2. The summed E-state index contributed by atoms with van der Waals surface area (Å²) in [4.78, 5) is 2.82. The average Bonchev–Trinajstić information content (AvgIpc) is 3.53. The van der Waals surface area contributed by atoms with Crippen LogP contribution in [0.5, 0.6) is 11.5 Å². The number of phenolic OH excluding ortho intramolecular Hbond substituents is 1. The van der Waals surface area contributed by atoms with Crippen molar-refractivity contribution in [1.82, 2.24) is 4.90 Å². The van der Waals surface area contributed by atoms with E-state index < -0.39 is 11.2 Å². The van der Waals surface area contributed by atoms with E-state index in [1.807, 2.05) is 20.1 Å². The molecule has 8 rings (SSSR count). The molecule has 34 heavy (non-hydrogen) atoms. The van der Waals surface area contributed by atoms with Gasteiger partial charge in [0.05, 0.1) is 5.60 Å². The summed E-state index contributed by atoms with van der Waals surface area (Å²) in [7, 11) is 1.83. The van der Waals surface area contributed by atoms with Crippen LogP contribution in [0.3, 0.4) is 0 Å². The van der Waals surface area contributed by atoms with Gasteiger partial charge in [-0.25, -0.2) is 0 Å². The Morgan fingerprint density at radius 3 is 2.59 bits per heavy atom. The lowest BCUT2D eigenvalue weighted by Gasteiger charge is -2.75. The van der Waals surface area contributed by atoms with Gasteiger partial charge in [-0.3, -0.25) is 4.90 Å². The first-order valence-corrected chi connectivity index (χ1v) is 13.6. The van der Waals surface area contributed by atoms with E-state index in [1.54, 1.807) is 0 Å². The molecule has 2 heterocycles. The Morgan fingerprint density at radius 2 is 1.91 bits per heavy atom. The monoisotopic (exact) mass is 467 g/mol. The number of phenols is 1. The van der Waals surface area contributed by atoms with Crippen molar-refractivity contribution in [2.24, 2.45) is 22.7 Å². The molecule has 0 radical (unpaired) electrons. The van der Waals surface area contributed by atoms with Crippen LogP contribution in [0.4, 0.5) is 0 Å². The molecule has 5 heteroatoms. The SMILES string of the molecule is CO[C@@]12CC[C@@]3(C[C@@H]1[C@](C)(O)C(C)(C)C)[C@H]1Cc4ccc(O)c5c4[C@@]3(CCN1CC1CC1)C2O5. The van der Waals surface area contributed by atoms with Crippen LogP contribution in [0.15, 0.2) is 12.1 Å². The van der Waals surface area contributed by atoms with Gasteiger partial charge in [0.1, 0.15) is 11.7 Å². The maximum Gasteiger partial charge on any atom is 0.165 e. The molecule has 1 saturated heterocycles. The van der Waals surface area contributed by atoms with Crippen molar-refractivity contribution in [3.63, 3.8) is 0 Å². The second kappa shape index (κ2) is 6.33. The highest BCUT2D eigenvalue weighted by atomic mass is 16.6. The Kier molecular flexibility index (Phi) is 4.08.